The Bertz CT molecular complexity index is 1130. The molecule has 5 unspecified atom stereocenters. The van der Waals surface area contributed by atoms with E-state index in [-0.39, 0.29) is 31.2 Å². The Morgan fingerprint density at radius 2 is 1.56 bits per heavy atom. The summed E-state index contributed by atoms with van der Waals surface area (Å²) >= 11 is -1.81. The van der Waals surface area contributed by atoms with Gasteiger partial charge in [-0.3, -0.25) is 8.98 Å². The number of methoxy groups -OCH3 is 3. The van der Waals surface area contributed by atoms with Crippen LogP contribution >= 0.6 is 0 Å². The van der Waals surface area contributed by atoms with Gasteiger partial charge in [-0.05, 0) is 41.0 Å². The summed E-state index contributed by atoms with van der Waals surface area (Å²) < 4.78 is 53.6. The zero-order valence-corrected chi connectivity index (χ0v) is 19.9. The summed E-state index contributed by atoms with van der Waals surface area (Å²) in [5, 5.41) is 0. The molecule has 1 aliphatic carbocycles. The number of ether oxygens (including phenoxy) is 6. The first-order valence-corrected chi connectivity index (χ1v) is 11.7. The van der Waals surface area contributed by atoms with Crippen molar-refractivity contribution in [2.75, 3.05) is 41.8 Å². The fourth-order valence-corrected chi connectivity index (χ4v) is 5.75. The fraction of sp³-hybridized carbons (Fsp3) is 0.435. The van der Waals surface area contributed by atoms with E-state index in [9.17, 15) is 9.00 Å². The molecule has 0 aromatic heterocycles. The molecular formula is C23H25NO9S. The fourth-order valence-electron chi connectivity index (χ4n) is 5.17. The van der Waals surface area contributed by atoms with Crippen LogP contribution in [0.3, 0.4) is 0 Å². The van der Waals surface area contributed by atoms with E-state index in [1.165, 1.54) is 7.11 Å². The molecule has 0 bridgehead atoms. The minimum Gasteiger partial charge on any atom is -0.493 e. The van der Waals surface area contributed by atoms with E-state index >= 15 is 0 Å². The van der Waals surface area contributed by atoms with Gasteiger partial charge in [-0.15, -0.1) is 0 Å². The van der Waals surface area contributed by atoms with Crippen molar-refractivity contribution < 1.29 is 41.6 Å². The van der Waals surface area contributed by atoms with Gasteiger partial charge in [0.05, 0.1) is 47.0 Å². The smallest absolute Gasteiger partial charge is 0.311 e. The molecule has 1 fully saturated rings. The number of nitrogens with one attached hydrogen (secondary N) is 1. The van der Waals surface area contributed by atoms with Crippen molar-refractivity contribution in [3.05, 3.63) is 41.0 Å². The SMILES string of the molecule is COc1cc(C2c3cc4c(cc3C(NS(=O)OC)C3C(=O)OCC23)OCO4)cc(OC)c1OC. The minimum absolute atomic E-state index is 0.101. The Balaban J connectivity index is 1.73. The van der Waals surface area contributed by atoms with Crippen LogP contribution in [0.2, 0.25) is 0 Å². The normalized spacial score (nSPS) is 25.2. The third-order valence-corrected chi connectivity index (χ3v) is 7.36. The average molecular weight is 492 g/mol. The predicted molar refractivity (Wildman–Crippen MR) is 119 cm³/mol. The molecule has 1 N–H and O–H groups in total. The van der Waals surface area contributed by atoms with Gasteiger partial charge >= 0.3 is 5.97 Å². The maximum absolute atomic E-state index is 12.9. The second-order valence-corrected chi connectivity index (χ2v) is 9.13. The third kappa shape index (κ3) is 3.55. The Hall–Kier alpha value is -3.02. The van der Waals surface area contributed by atoms with Gasteiger partial charge in [-0.25, -0.2) is 8.93 Å². The van der Waals surface area contributed by atoms with Crippen LogP contribution < -0.4 is 28.4 Å². The van der Waals surface area contributed by atoms with Crippen LogP contribution in [-0.2, 0) is 25.0 Å². The van der Waals surface area contributed by atoms with Crippen LogP contribution in [0.25, 0.3) is 0 Å². The van der Waals surface area contributed by atoms with Gasteiger partial charge in [-0.2, -0.15) is 0 Å². The van der Waals surface area contributed by atoms with E-state index in [0.717, 1.165) is 16.7 Å². The Labute approximate surface area is 199 Å². The lowest BCUT2D eigenvalue weighted by molar-refractivity contribution is -0.142. The zero-order chi connectivity index (χ0) is 24.0. The number of hydrogen-bond acceptors (Lipinski definition) is 9. The van der Waals surface area contributed by atoms with Crippen molar-refractivity contribution >= 4 is 17.2 Å². The molecular weight excluding hydrogens is 466 g/mol. The van der Waals surface area contributed by atoms with Crippen molar-refractivity contribution in [3.8, 4) is 28.7 Å². The number of esters is 1. The predicted octanol–water partition coefficient (Wildman–Crippen LogP) is 2.23. The zero-order valence-electron chi connectivity index (χ0n) is 19.1. The number of fused-ring (bicyclic) bond motifs is 3. The Morgan fingerprint density at radius 3 is 2.15 bits per heavy atom. The number of carbonyl (C=O) groups excluding carboxylic acids is 1. The molecule has 5 atom stereocenters. The van der Waals surface area contributed by atoms with Gasteiger partial charge in [0.25, 0.3) is 0 Å². The van der Waals surface area contributed by atoms with E-state index in [1.807, 2.05) is 24.3 Å². The minimum atomic E-state index is -1.81. The van der Waals surface area contributed by atoms with E-state index in [0.29, 0.717) is 28.7 Å². The lowest BCUT2D eigenvalue weighted by Gasteiger charge is -2.39. The maximum atomic E-state index is 12.9. The first-order valence-electron chi connectivity index (χ1n) is 10.6. The molecule has 1 saturated heterocycles. The second kappa shape index (κ2) is 8.97. The van der Waals surface area contributed by atoms with Crippen LogP contribution in [0, 0.1) is 11.8 Å². The van der Waals surface area contributed by atoms with E-state index in [1.54, 1.807) is 21.3 Å². The number of rotatable bonds is 7. The largest absolute Gasteiger partial charge is 0.493 e. The molecule has 3 aliphatic rings. The van der Waals surface area contributed by atoms with E-state index < -0.39 is 23.2 Å². The van der Waals surface area contributed by atoms with Crippen LogP contribution in [0.15, 0.2) is 24.3 Å². The summed E-state index contributed by atoms with van der Waals surface area (Å²) in [5.74, 6) is 1.14. The molecule has 11 heteroatoms. The van der Waals surface area contributed by atoms with E-state index in [4.69, 9.17) is 32.6 Å². The summed E-state index contributed by atoms with van der Waals surface area (Å²) in [7, 11) is 5.98. The summed E-state index contributed by atoms with van der Waals surface area (Å²) in [5.41, 5.74) is 2.51. The van der Waals surface area contributed by atoms with Gasteiger partial charge in [0.2, 0.25) is 23.8 Å². The molecule has 10 nitrogen and oxygen atoms in total. The first kappa shape index (κ1) is 22.8. The molecule has 2 aliphatic heterocycles. The maximum Gasteiger partial charge on any atom is 0.311 e. The lowest BCUT2D eigenvalue weighted by Crippen LogP contribution is -2.41. The van der Waals surface area contributed by atoms with Gasteiger partial charge in [0, 0.05) is 11.8 Å². The van der Waals surface area contributed by atoms with Crippen molar-refractivity contribution in [1.82, 2.24) is 4.72 Å². The molecule has 5 rings (SSSR count). The highest BCUT2D eigenvalue weighted by molar-refractivity contribution is 7.78. The van der Waals surface area contributed by atoms with Crippen LogP contribution in [0.1, 0.15) is 28.7 Å². The second-order valence-electron chi connectivity index (χ2n) is 8.09. The Kier molecular flexibility index (Phi) is 6.00. The van der Waals surface area contributed by atoms with Crippen LogP contribution in [0.5, 0.6) is 28.7 Å². The molecule has 2 aromatic carbocycles. The van der Waals surface area contributed by atoms with Gasteiger partial charge < -0.3 is 28.4 Å². The topological polar surface area (TPSA) is 111 Å². The van der Waals surface area contributed by atoms with Crippen LogP contribution in [0.4, 0.5) is 0 Å². The molecule has 0 saturated carbocycles. The highest BCUT2D eigenvalue weighted by Gasteiger charge is 2.53. The number of cyclic esters (lactones) is 1. The summed E-state index contributed by atoms with van der Waals surface area (Å²) in [6, 6.07) is 6.88. The summed E-state index contributed by atoms with van der Waals surface area (Å²) in [6.45, 7) is 0.306. The van der Waals surface area contributed by atoms with Crippen LogP contribution in [-0.4, -0.2) is 52.0 Å². The molecule has 0 radical (unpaired) electrons. The highest BCUT2D eigenvalue weighted by Crippen LogP contribution is 2.55. The standard InChI is InChI=1S/C23H25NO9S/c1-27-17-5-11(6-18(28-2)22(17)29-3)19-12-7-15-16(33-10-32-15)8-13(12)21(24-34(26)30-4)20-14(19)9-31-23(20)25/h5-8,14,19-21,24H,9-10H2,1-4H3. The molecule has 0 spiro atoms. The van der Waals surface area contributed by atoms with Crippen molar-refractivity contribution in [2.45, 2.75) is 12.0 Å². The first-order chi connectivity index (χ1) is 16.5. The molecule has 34 heavy (non-hydrogen) atoms. The summed E-state index contributed by atoms with van der Waals surface area (Å²) in [6.07, 6.45) is 0. The molecule has 0 amide bonds. The quantitative estimate of drug-likeness (QED) is 0.583. The van der Waals surface area contributed by atoms with Gasteiger partial charge in [-0.1, -0.05) is 0 Å². The molecule has 2 aromatic rings. The van der Waals surface area contributed by atoms with Gasteiger partial charge in [0.1, 0.15) is 0 Å². The lowest BCUT2D eigenvalue weighted by atomic mass is 9.65. The summed E-state index contributed by atoms with van der Waals surface area (Å²) in [4.78, 5) is 12.9. The third-order valence-electron chi connectivity index (χ3n) is 6.61. The van der Waals surface area contributed by atoms with Crippen molar-refractivity contribution in [3.63, 3.8) is 0 Å². The monoisotopic (exact) mass is 491 g/mol. The molecule has 2 heterocycles. The average Bonchev–Trinajstić information content (AvgIpc) is 3.47. The van der Waals surface area contributed by atoms with E-state index in [2.05, 4.69) is 4.72 Å². The van der Waals surface area contributed by atoms with Crippen molar-refractivity contribution in [1.29, 1.82) is 0 Å². The number of hydrogen-bond donors (Lipinski definition) is 1. The highest BCUT2D eigenvalue weighted by atomic mass is 32.2. The molecule has 182 valence electrons. The number of carbonyl (C=O) groups is 1. The number of benzene rings is 2. The Morgan fingerprint density at radius 1 is 0.912 bits per heavy atom. The van der Waals surface area contributed by atoms with Crippen molar-refractivity contribution in [2.24, 2.45) is 11.8 Å². The van der Waals surface area contributed by atoms with Gasteiger partial charge in [0.15, 0.2) is 23.0 Å².